The van der Waals surface area contributed by atoms with Crippen LogP contribution in [0.25, 0.3) is 0 Å². The number of hydrogen-bond acceptors (Lipinski definition) is 1. The average molecular weight is 177 g/mol. The van der Waals surface area contributed by atoms with Gasteiger partial charge in [-0.25, -0.2) is 0 Å². The van der Waals surface area contributed by atoms with E-state index in [1.807, 2.05) is 24.3 Å². The van der Waals surface area contributed by atoms with Crippen molar-refractivity contribution >= 4 is 11.6 Å². The van der Waals surface area contributed by atoms with E-state index in [2.05, 4.69) is 19.2 Å². The molecule has 1 atom stereocenters. The molecule has 1 heterocycles. The maximum absolute atomic E-state index is 11.6. The monoisotopic (exact) mass is 177 g/mol. The molecule has 0 aliphatic carbocycles. The van der Waals surface area contributed by atoms with E-state index in [0.717, 1.165) is 11.3 Å². The summed E-state index contributed by atoms with van der Waals surface area (Å²) in [5.74, 6) is 0.538. The third-order valence-electron chi connectivity index (χ3n) is 2.50. The van der Waals surface area contributed by atoms with Crippen molar-refractivity contribution in [2.24, 2.45) is 5.92 Å². The summed E-state index contributed by atoms with van der Waals surface area (Å²) >= 11 is 0. The fraction of sp³-hybridized carbons (Fsp3) is 0.364. The number of para-hydroxylation sites is 1. The molecule has 0 spiro atoms. The second-order valence-electron chi connectivity index (χ2n) is 3.80. The maximum atomic E-state index is 11.6. The number of fused-ring (bicyclic) bond motifs is 1. The molecule has 0 fully saturated rings. The molecule has 0 radical (unpaired) electrons. The molecule has 1 aliphatic rings. The average Bonchev–Trinajstić information content (AvgIpc) is 2.39. The molecule has 2 rings (SSSR count). The third kappa shape index (κ3) is 1.22. The molecule has 1 aromatic rings. The highest BCUT2D eigenvalue weighted by Crippen LogP contribution is 2.36. The lowest BCUT2D eigenvalue weighted by Gasteiger charge is -2.11. The summed E-state index contributed by atoms with van der Waals surface area (Å²) in [5, 5.41) is 2.89. The first kappa shape index (κ1) is 8.30. The van der Waals surface area contributed by atoms with Crippen LogP contribution in [0.1, 0.15) is 26.8 Å². The number of anilines is 1. The van der Waals surface area contributed by atoms with Crippen LogP contribution >= 0.6 is 0 Å². The van der Waals surface area contributed by atoms with Gasteiger partial charge in [0.05, 0.1) is 5.92 Å². The summed E-state index contributed by atoms with van der Waals surface area (Å²) in [6.07, 6.45) is 0. The van der Waals surface area contributed by atoms with Crippen molar-refractivity contribution in [2.45, 2.75) is 19.8 Å². The highest BCUT2D eigenvalue weighted by atomic mass is 16.2. The Morgan fingerprint density at radius 2 is 2.08 bits per heavy atom. The van der Waals surface area contributed by atoms with Crippen molar-refractivity contribution in [3.63, 3.8) is 0 Å². The molecule has 1 aromatic carbocycles. The van der Waals surface area contributed by atoms with Gasteiger partial charge in [0.2, 0.25) is 5.91 Å². The molecule has 1 unspecified atom stereocenters. The highest BCUT2D eigenvalue weighted by Gasteiger charge is 2.31. The highest BCUT2D eigenvalue weighted by molar-refractivity contribution is 6.02. The van der Waals surface area contributed by atoms with Crippen molar-refractivity contribution < 1.29 is 6.22 Å². The normalized spacial score (nSPS) is 20.2. The quantitative estimate of drug-likeness (QED) is 0.702. The maximum Gasteiger partial charge on any atom is 0.232 e. The van der Waals surface area contributed by atoms with Gasteiger partial charge in [0.25, 0.3) is 0 Å². The van der Waals surface area contributed by atoms with E-state index < -0.39 is 0 Å². The van der Waals surface area contributed by atoms with E-state index in [0.29, 0.717) is 5.92 Å². The first-order valence-electron chi connectivity index (χ1n) is 4.60. The van der Waals surface area contributed by atoms with Gasteiger partial charge < -0.3 is 5.32 Å². The van der Waals surface area contributed by atoms with Crippen LogP contribution in [-0.2, 0) is 4.79 Å². The molecule has 2 heteroatoms. The van der Waals surface area contributed by atoms with Gasteiger partial charge in [0.1, 0.15) is 0 Å². The van der Waals surface area contributed by atoms with Crippen LogP contribution in [0.15, 0.2) is 24.3 Å². The second kappa shape index (κ2) is 2.87. The molecular weight excluding hydrogens is 162 g/mol. The molecule has 2 nitrogen and oxygen atoms in total. The van der Waals surface area contributed by atoms with Crippen molar-refractivity contribution in [2.75, 3.05) is 5.32 Å². The molecule has 13 heavy (non-hydrogen) atoms. The van der Waals surface area contributed by atoms with Crippen molar-refractivity contribution in [1.29, 1.82) is 0 Å². The summed E-state index contributed by atoms with van der Waals surface area (Å²) in [5.41, 5.74) is 2.12. The van der Waals surface area contributed by atoms with Gasteiger partial charge in [-0.15, -0.1) is 0 Å². The Bertz CT molecular complexity index is 349. The molecule has 0 saturated carbocycles. The van der Waals surface area contributed by atoms with Crippen LogP contribution in [0.5, 0.6) is 0 Å². The van der Waals surface area contributed by atoms with E-state index in [9.17, 15) is 4.79 Å². The predicted molar refractivity (Wildman–Crippen MR) is 54.8 cm³/mol. The van der Waals surface area contributed by atoms with E-state index in [-0.39, 0.29) is 13.3 Å². The fourth-order valence-electron chi connectivity index (χ4n) is 1.90. The number of carbonyl (C=O) groups excluding carboxylic acids is 1. The third-order valence-corrected chi connectivity index (χ3v) is 2.50. The second-order valence-corrected chi connectivity index (χ2v) is 3.80. The summed E-state index contributed by atoms with van der Waals surface area (Å²) in [6, 6.07) is 7.91. The van der Waals surface area contributed by atoms with Gasteiger partial charge in [-0.1, -0.05) is 32.0 Å². The van der Waals surface area contributed by atoms with Gasteiger partial charge in [-0.3, -0.25) is 4.79 Å². The fourth-order valence-corrected chi connectivity index (χ4v) is 1.90. The Morgan fingerprint density at radius 1 is 1.38 bits per heavy atom. The Hall–Kier alpha value is -1.31. The number of benzene rings is 1. The largest absolute Gasteiger partial charge is 0.325 e. The van der Waals surface area contributed by atoms with Crippen LogP contribution < -0.4 is 5.32 Å². The molecule has 70 valence electrons. The lowest BCUT2D eigenvalue weighted by molar-refractivity contribution is -0.117. The molecule has 1 aliphatic heterocycles. The van der Waals surface area contributed by atoms with E-state index in [1.54, 1.807) is 0 Å². The first-order chi connectivity index (χ1) is 6.20. The number of nitrogens with one attached hydrogen (secondary N) is 1. The smallest absolute Gasteiger partial charge is 0.232 e. The minimum Gasteiger partial charge on any atom is -0.325 e. The SMILES string of the molecule is CC(C)C1C(=O)Nc2ccccc21.[HH]. The summed E-state index contributed by atoms with van der Waals surface area (Å²) in [4.78, 5) is 11.6. The van der Waals surface area contributed by atoms with Crippen molar-refractivity contribution in [1.82, 2.24) is 0 Å². The zero-order valence-corrected chi connectivity index (χ0v) is 7.87. The number of amides is 1. The first-order valence-corrected chi connectivity index (χ1v) is 4.60. The number of carbonyl (C=O) groups is 1. The van der Waals surface area contributed by atoms with Gasteiger partial charge in [0.15, 0.2) is 0 Å². The molecule has 1 amide bonds. The Morgan fingerprint density at radius 3 is 2.77 bits per heavy atom. The van der Waals surface area contributed by atoms with Crippen LogP contribution in [0.2, 0.25) is 0 Å². The van der Waals surface area contributed by atoms with Crippen LogP contribution in [0, 0.1) is 5.92 Å². The van der Waals surface area contributed by atoms with Crippen LogP contribution in [0.3, 0.4) is 0 Å². The van der Waals surface area contributed by atoms with Gasteiger partial charge in [0, 0.05) is 7.11 Å². The summed E-state index contributed by atoms with van der Waals surface area (Å²) in [7, 11) is 0. The molecule has 0 saturated heterocycles. The van der Waals surface area contributed by atoms with Crippen LogP contribution in [-0.4, -0.2) is 5.91 Å². The van der Waals surface area contributed by atoms with Crippen LogP contribution in [0.4, 0.5) is 5.69 Å². The van der Waals surface area contributed by atoms with Gasteiger partial charge >= 0.3 is 0 Å². The van der Waals surface area contributed by atoms with Gasteiger partial charge in [-0.05, 0) is 17.5 Å². The zero-order chi connectivity index (χ0) is 9.42. The van der Waals surface area contributed by atoms with E-state index >= 15 is 0 Å². The van der Waals surface area contributed by atoms with E-state index in [1.165, 1.54) is 0 Å². The van der Waals surface area contributed by atoms with Gasteiger partial charge in [-0.2, -0.15) is 0 Å². The minimum atomic E-state index is 0. The van der Waals surface area contributed by atoms with Crippen molar-refractivity contribution in [3.05, 3.63) is 29.8 Å². The Kier molecular flexibility index (Phi) is 1.83. The molecule has 0 bridgehead atoms. The van der Waals surface area contributed by atoms with Crippen molar-refractivity contribution in [3.8, 4) is 0 Å². The lowest BCUT2D eigenvalue weighted by atomic mass is 9.90. The number of hydrogen-bond donors (Lipinski definition) is 1. The lowest BCUT2D eigenvalue weighted by Crippen LogP contribution is -2.16. The molecular formula is C11H15NO. The molecule has 0 aromatic heterocycles. The van der Waals surface area contributed by atoms with E-state index in [4.69, 9.17) is 0 Å². The summed E-state index contributed by atoms with van der Waals surface area (Å²) < 4.78 is 0. The Labute approximate surface area is 79.4 Å². The predicted octanol–water partition coefficient (Wildman–Crippen LogP) is 2.62. The summed E-state index contributed by atoms with van der Waals surface area (Å²) in [6.45, 7) is 4.15. The Balaban J connectivity index is 0.000000980. The standard InChI is InChI=1S/C11H13NO.H2/c1-7(2)10-8-5-3-4-6-9(8)12-11(10)13;/h3-7,10H,1-2H3,(H,12,13);1H. The topological polar surface area (TPSA) is 29.1 Å². The minimum absolute atomic E-state index is 0. The number of rotatable bonds is 1. The zero-order valence-electron chi connectivity index (χ0n) is 7.87. The molecule has 1 N–H and O–H groups in total.